The van der Waals surface area contributed by atoms with E-state index in [1.807, 2.05) is 0 Å². The number of aliphatic hydroxyl groups excluding tert-OH is 3. The molecule has 1 rings (SSSR count). The van der Waals surface area contributed by atoms with Crippen LogP contribution in [0.1, 0.15) is 17.2 Å². The standard InChI is InChI=1S/C10H10FNO3/c11-8-3-6(5-13)1-2-7(8)10(15)9(14)4-12/h1-3,9-10,13-15H,5H2. The number of hydrogen-bond acceptors (Lipinski definition) is 4. The van der Waals surface area contributed by atoms with Crippen LogP contribution in [-0.2, 0) is 6.61 Å². The van der Waals surface area contributed by atoms with E-state index in [-0.39, 0.29) is 12.2 Å². The van der Waals surface area contributed by atoms with Crippen molar-refractivity contribution in [1.29, 1.82) is 5.26 Å². The number of hydrogen-bond donors (Lipinski definition) is 3. The van der Waals surface area contributed by atoms with Gasteiger partial charge >= 0.3 is 0 Å². The van der Waals surface area contributed by atoms with Gasteiger partial charge in [0.1, 0.15) is 11.9 Å². The quantitative estimate of drug-likeness (QED) is 0.625. The van der Waals surface area contributed by atoms with Gasteiger partial charge in [0.2, 0.25) is 0 Å². The van der Waals surface area contributed by atoms with Crippen molar-refractivity contribution in [3.05, 3.63) is 35.1 Å². The van der Waals surface area contributed by atoms with Crippen molar-refractivity contribution in [2.45, 2.75) is 18.8 Å². The molecule has 3 N–H and O–H groups in total. The number of aliphatic hydroxyl groups is 3. The molecule has 0 spiro atoms. The van der Waals surface area contributed by atoms with Crippen molar-refractivity contribution >= 4 is 0 Å². The fraction of sp³-hybridized carbons (Fsp3) is 0.300. The molecule has 15 heavy (non-hydrogen) atoms. The maximum atomic E-state index is 13.3. The van der Waals surface area contributed by atoms with Crippen molar-refractivity contribution in [3.63, 3.8) is 0 Å². The van der Waals surface area contributed by atoms with Gasteiger partial charge in [-0.3, -0.25) is 0 Å². The van der Waals surface area contributed by atoms with E-state index in [0.717, 1.165) is 6.07 Å². The van der Waals surface area contributed by atoms with Crippen molar-refractivity contribution in [1.82, 2.24) is 0 Å². The summed E-state index contributed by atoms with van der Waals surface area (Å²) in [6.07, 6.45) is -3.25. The first kappa shape index (κ1) is 11.6. The lowest BCUT2D eigenvalue weighted by Crippen LogP contribution is -2.17. The minimum atomic E-state index is -1.67. The molecule has 5 heteroatoms. The number of rotatable bonds is 3. The van der Waals surface area contributed by atoms with Gasteiger partial charge in [0.15, 0.2) is 6.10 Å². The summed E-state index contributed by atoms with van der Waals surface area (Å²) in [6.45, 7) is -0.311. The van der Waals surface area contributed by atoms with E-state index in [0.29, 0.717) is 5.56 Å². The first-order valence-electron chi connectivity index (χ1n) is 4.25. The van der Waals surface area contributed by atoms with Crippen molar-refractivity contribution < 1.29 is 19.7 Å². The highest BCUT2D eigenvalue weighted by molar-refractivity contribution is 5.27. The first-order valence-corrected chi connectivity index (χ1v) is 4.25. The Labute approximate surface area is 85.8 Å². The molecule has 0 aliphatic rings. The molecule has 4 nitrogen and oxygen atoms in total. The average Bonchev–Trinajstić information content (AvgIpc) is 2.26. The molecule has 0 aliphatic heterocycles. The Morgan fingerprint density at radius 3 is 2.53 bits per heavy atom. The Hall–Kier alpha value is -1.48. The lowest BCUT2D eigenvalue weighted by atomic mass is 10.0. The molecule has 1 aromatic carbocycles. The van der Waals surface area contributed by atoms with E-state index in [1.165, 1.54) is 18.2 Å². The monoisotopic (exact) mass is 211 g/mol. The minimum Gasteiger partial charge on any atom is -0.392 e. The summed E-state index contributed by atoms with van der Waals surface area (Å²) in [4.78, 5) is 0. The van der Waals surface area contributed by atoms with Crippen molar-refractivity contribution in [3.8, 4) is 6.07 Å². The van der Waals surface area contributed by atoms with Gasteiger partial charge in [-0.2, -0.15) is 5.26 Å². The van der Waals surface area contributed by atoms with Crippen LogP contribution < -0.4 is 0 Å². The summed E-state index contributed by atoms with van der Waals surface area (Å²) < 4.78 is 13.3. The SMILES string of the molecule is N#CC(O)C(O)c1ccc(CO)cc1F. The van der Waals surface area contributed by atoms with Gasteiger partial charge in [0.05, 0.1) is 12.7 Å². The number of nitrogens with zero attached hydrogens (tertiary/aromatic N) is 1. The van der Waals surface area contributed by atoms with E-state index in [4.69, 9.17) is 15.5 Å². The first-order chi connectivity index (χ1) is 7.10. The number of nitriles is 1. The second-order valence-corrected chi connectivity index (χ2v) is 3.03. The molecular weight excluding hydrogens is 201 g/mol. The van der Waals surface area contributed by atoms with Crippen LogP contribution in [0.25, 0.3) is 0 Å². The zero-order valence-corrected chi connectivity index (χ0v) is 7.76. The van der Waals surface area contributed by atoms with E-state index in [1.54, 1.807) is 0 Å². The third kappa shape index (κ3) is 2.50. The molecular formula is C10H10FNO3. The fourth-order valence-electron chi connectivity index (χ4n) is 1.15. The largest absolute Gasteiger partial charge is 0.392 e. The molecule has 80 valence electrons. The molecule has 0 aromatic heterocycles. The maximum absolute atomic E-state index is 13.3. The van der Waals surface area contributed by atoms with Crippen LogP contribution >= 0.6 is 0 Å². The van der Waals surface area contributed by atoms with Gasteiger partial charge in [-0.05, 0) is 11.6 Å². The topological polar surface area (TPSA) is 84.5 Å². The highest BCUT2D eigenvalue weighted by Gasteiger charge is 2.20. The molecule has 2 unspecified atom stereocenters. The Balaban J connectivity index is 3.01. The molecule has 2 atom stereocenters. The maximum Gasteiger partial charge on any atom is 0.170 e. The van der Waals surface area contributed by atoms with E-state index in [2.05, 4.69) is 0 Å². The van der Waals surface area contributed by atoms with Gasteiger partial charge in [0.25, 0.3) is 0 Å². The summed E-state index contributed by atoms with van der Waals surface area (Å²) >= 11 is 0. The smallest absolute Gasteiger partial charge is 0.170 e. The molecule has 0 saturated carbocycles. The van der Waals surface area contributed by atoms with Crippen LogP contribution in [0, 0.1) is 17.1 Å². The van der Waals surface area contributed by atoms with Gasteiger partial charge in [-0.1, -0.05) is 12.1 Å². The zero-order chi connectivity index (χ0) is 11.4. The van der Waals surface area contributed by atoms with Crippen molar-refractivity contribution in [2.24, 2.45) is 0 Å². The van der Waals surface area contributed by atoms with Gasteiger partial charge < -0.3 is 15.3 Å². The van der Waals surface area contributed by atoms with Gasteiger partial charge in [0, 0.05) is 5.56 Å². The second kappa shape index (κ2) is 4.84. The molecule has 0 fully saturated rings. The summed E-state index contributed by atoms with van der Waals surface area (Å²) in [5, 5.41) is 35.4. The minimum absolute atomic E-state index is 0.166. The lowest BCUT2D eigenvalue weighted by Gasteiger charge is -2.13. The normalized spacial score (nSPS) is 14.3. The molecule has 0 aliphatic carbocycles. The van der Waals surface area contributed by atoms with Crippen LogP contribution in [0.4, 0.5) is 4.39 Å². The number of halogens is 1. The summed E-state index contributed by atoms with van der Waals surface area (Å²) in [5.74, 6) is -0.761. The van der Waals surface area contributed by atoms with Crippen LogP contribution in [-0.4, -0.2) is 21.4 Å². The van der Waals surface area contributed by atoms with Crippen LogP contribution in [0.5, 0.6) is 0 Å². The third-order valence-electron chi connectivity index (χ3n) is 2.00. The molecule has 0 saturated heterocycles. The number of benzene rings is 1. The Morgan fingerprint density at radius 2 is 2.07 bits per heavy atom. The molecule has 0 bridgehead atoms. The van der Waals surface area contributed by atoms with Gasteiger partial charge in [-0.25, -0.2) is 4.39 Å². The Morgan fingerprint density at radius 1 is 1.40 bits per heavy atom. The summed E-state index contributed by atoms with van der Waals surface area (Å²) in [7, 11) is 0. The molecule has 0 amide bonds. The van der Waals surface area contributed by atoms with Crippen LogP contribution in [0.3, 0.4) is 0 Å². The molecule has 1 aromatic rings. The van der Waals surface area contributed by atoms with Crippen LogP contribution in [0.15, 0.2) is 18.2 Å². The average molecular weight is 211 g/mol. The summed E-state index contributed by atoms with van der Waals surface area (Å²) in [5.41, 5.74) is 0.191. The lowest BCUT2D eigenvalue weighted by molar-refractivity contribution is 0.0503. The summed E-state index contributed by atoms with van der Waals surface area (Å²) in [6, 6.07) is 5.09. The van der Waals surface area contributed by atoms with Crippen LogP contribution in [0.2, 0.25) is 0 Å². The van der Waals surface area contributed by atoms with Gasteiger partial charge in [-0.15, -0.1) is 0 Å². The van der Waals surface area contributed by atoms with E-state index >= 15 is 0 Å². The predicted octanol–water partition coefficient (Wildman–Crippen LogP) is 0.236. The van der Waals surface area contributed by atoms with E-state index in [9.17, 15) is 9.50 Å². The Kier molecular flexibility index (Phi) is 3.74. The zero-order valence-electron chi connectivity index (χ0n) is 7.76. The van der Waals surface area contributed by atoms with Crippen molar-refractivity contribution in [2.75, 3.05) is 0 Å². The van der Waals surface area contributed by atoms with E-state index < -0.39 is 18.0 Å². The fourth-order valence-corrected chi connectivity index (χ4v) is 1.15. The second-order valence-electron chi connectivity index (χ2n) is 3.03. The third-order valence-corrected chi connectivity index (χ3v) is 2.00. The highest BCUT2D eigenvalue weighted by atomic mass is 19.1. The molecule has 0 heterocycles. The predicted molar refractivity (Wildman–Crippen MR) is 48.9 cm³/mol. The highest BCUT2D eigenvalue weighted by Crippen LogP contribution is 2.21. The Bertz CT molecular complexity index is 389. The molecule has 0 radical (unpaired) electrons.